The van der Waals surface area contributed by atoms with Crippen LogP contribution in [-0.2, 0) is 19.5 Å². The number of aromatic nitrogens is 4. The maximum Gasteiger partial charge on any atom is 0.196 e. The monoisotopic (exact) mass is 341 g/mol. The van der Waals surface area contributed by atoms with Crippen molar-refractivity contribution in [2.45, 2.75) is 19.5 Å². The SMILES string of the molecule is Fc1cccc(-c2[nH]ncc2CN2CCc3[nH]c(=S)ncc3C2)c1. The second-order valence-corrected chi connectivity index (χ2v) is 6.32. The lowest BCUT2D eigenvalue weighted by molar-refractivity contribution is 0.243. The zero-order valence-electron chi connectivity index (χ0n) is 12.9. The van der Waals surface area contributed by atoms with E-state index in [9.17, 15) is 4.39 Å². The average Bonchev–Trinajstić information content (AvgIpc) is 3.03. The maximum absolute atomic E-state index is 13.5. The topological polar surface area (TPSA) is 60.6 Å². The van der Waals surface area contributed by atoms with Gasteiger partial charge in [0.05, 0.1) is 11.9 Å². The molecule has 1 aliphatic heterocycles. The van der Waals surface area contributed by atoms with Crippen molar-refractivity contribution < 1.29 is 4.39 Å². The highest BCUT2D eigenvalue weighted by Crippen LogP contribution is 2.25. The predicted octanol–water partition coefficient (Wildman–Crippen LogP) is 3.23. The van der Waals surface area contributed by atoms with E-state index >= 15 is 0 Å². The molecule has 0 aliphatic carbocycles. The summed E-state index contributed by atoms with van der Waals surface area (Å²) in [6.07, 6.45) is 4.57. The molecule has 1 aromatic carbocycles. The Morgan fingerprint density at radius 2 is 2.21 bits per heavy atom. The molecule has 4 rings (SSSR count). The summed E-state index contributed by atoms with van der Waals surface area (Å²) >= 11 is 5.08. The van der Waals surface area contributed by atoms with Crippen LogP contribution in [0.5, 0.6) is 0 Å². The third-order valence-electron chi connectivity index (χ3n) is 4.28. The van der Waals surface area contributed by atoms with Crippen molar-refractivity contribution >= 4 is 12.2 Å². The molecule has 0 bridgehead atoms. The van der Waals surface area contributed by atoms with Crippen LogP contribution in [0.2, 0.25) is 0 Å². The normalized spacial score (nSPS) is 14.5. The Morgan fingerprint density at radius 1 is 1.29 bits per heavy atom. The minimum Gasteiger partial charge on any atom is -0.334 e. The first-order chi connectivity index (χ1) is 11.7. The molecule has 7 heteroatoms. The minimum atomic E-state index is -0.249. The van der Waals surface area contributed by atoms with Crippen LogP contribution >= 0.6 is 12.2 Å². The number of hydrogen-bond acceptors (Lipinski definition) is 4. The molecule has 5 nitrogen and oxygen atoms in total. The Labute approximate surface area is 143 Å². The molecular formula is C17H16FN5S. The summed E-state index contributed by atoms with van der Waals surface area (Å²) in [6, 6.07) is 6.56. The number of hydrogen-bond donors (Lipinski definition) is 2. The lowest BCUT2D eigenvalue weighted by Gasteiger charge is -2.28. The summed E-state index contributed by atoms with van der Waals surface area (Å²) in [5.74, 6) is -0.249. The highest BCUT2D eigenvalue weighted by atomic mass is 32.1. The summed E-state index contributed by atoms with van der Waals surface area (Å²) in [6.45, 7) is 2.48. The number of rotatable bonds is 3. The second-order valence-electron chi connectivity index (χ2n) is 5.93. The van der Waals surface area contributed by atoms with Crippen molar-refractivity contribution in [2.24, 2.45) is 0 Å². The molecule has 3 heterocycles. The molecule has 24 heavy (non-hydrogen) atoms. The van der Waals surface area contributed by atoms with E-state index in [2.05, 4.69) is 25.1 Å². The largest absolute Gasteiger partial charge is 0.334 e. The minimum absolute atomic E-state index is 0.249. The zero-order valence-corrected chi connectivity index (χ0v) is 13.7. The Kier molecular flexibility index (Phi) is 3.95. The summed E-state index contributed by atoms with van der Waals surface area (Å²) in [7, 11) is 0. The fraction of sp³-hybridized carbons (Fsp3) is 0.235. The van der Waals surface area contributed by atoms with Gasteiger partial charge in [-0.05, 0) is 24.4 Å². The zero-order chi connectivity index (χ0) is 16.5. The molecule has 0 fully saturated rings. The fourth-order valence-electron chi connectivity index (χ4n) is 3.11. The summed E-state index contributed by atoms with van der Waals surface area (Å²) < 4.78 is 14.0. The van der Waals surface area contributed by atoms with Crippen LogP contribution in [0.15, 0.2) is 36.7 Å². The van der Waals surface area contributed by atoms with Gasteiger partial charge in [0.2, 0.25) is 0 Å². The third-order valence-corrected chi connectivity index (χ3v) is 4.49. The maximum atomic E-state index is 13.5. The van der Waals surface area contributed by atoms with Crippen LogP contribution in [0.25, 0.3) is 11.3 Å². The standard InChI is InChI=1S/C17H16FN5S/c18-14-3-1-2-11(6-14)16-13(8-20-22-16)10-23-5-4-15-12(9-23)7-19-17(24)21-15/h1-3,6-8H,4-5,9-10H2,(H,20,22)(H,19,21,24). The summed E-state index contributed by atoms with van der Waals surface area (Å²) in [4.78, 5) is 9.67. The molecule has 0 radical (unpaired) electrons. The number of H-pyrrole nitrogens is 2. The predicted molar refractivity (Wildman–Crippen MR) is 91.2 cm³/mol. The van der Waals surface area contributed by atoms with Crippen LogP contribution < -0.4 is 0 Å². The quantitative estimate of drug-likeness (QED) is 0.718. The number of nitrogens with zero attached hydrogens (tertiary/aromatic N) is 3. The summed E-state index contributed by atoms with van der Waals surface area (Å²) in [5, 5.41) is 7.13. The number of nitrogens with one attached hydrogen (secondary N) is 2. The molecule has 0 spiro atoms. The molecule has 0 amide bonds. The molecule has 0 saturated carbocycles. The van der Waals surface area contributed by atoms with Crippen molar-refractivity contribution in [3.8, 4) is 11.3 Å². The lowest BCUT2D eigenvalue weighted by Crippen LogP contribution is -2.30. The molecule has 122 valence electrons. The molecule has 3 aromatic rings. The highest BCUT2D eigenvalue weighted by Gasteiger charge is 2.19. The number of fused-ring (bicyclic) bond motifs is 1. The van der Waals surface area contributed by atoms with Gasteiger partial charge in [0.15, 0.2) is 4.77 Å². The van der Waals surface area contributed by atoms with Crippen LogP contribution in [0, 0.1) is 10.6 Å². The molecule has 1 aliphatic rings. The van der Waals surface area contributed by atoms with Gasteiger partial charge in [-0.15, -0.1) is 0 Å². The number of halogens is 1. The van der Waals surface area contributed by atoms with Gasteiger partial charge in [0, 0.05) is 54.6 Å². The van der Waals surface area contributed by atoms with Gasteiger partial charge in [-0.25, -0.2) is 9.37 Å². The van der Waals surface area contributed by atoms with E-state index in [1.807, 2.05) is 18.5 Å². The van der Waals surface area contributed by atoms with E-state index in [4.69, 9.17) is 12.2 Å². The number of benzene rings is 1. The van der Waals surface area contributed by atoms with E-state index in [1.54, 1.807) is 6.07 Å². The first-order valence-corrected chi connectivity index (χ1v) is 8.17. The van der Waals surface area contributed by atoms with E-state index < -0.39 is 0 Å². The highest BCUT2D eigenvalue weighted by molar-refractivity contribution is 7.71. The molecule has 2 aromatic heterocycles. The van der Waals surface area contributed by atoms with Gasteiger partial charge in [-0.1, -0.05) is 12.1 Å². The Balaban J connectivity index is 1.56. The van der Waals surface area contributed by atoms with E-state index in [1.165, 1.54) is 23.4 Å². The first-order valence-electron chi connectivity index (χ1n) is 7.76. The third kappa shape index (κ3) is 3.00. The van der Waals surface area contributed by atoms with E-state index in [0.717, 1.165) is 42.9 Å². The Bertz CT molecular complexity index is 932. The molecule has 0 atom stereocenters. The smallest absolute Gasteiger partial charge is 0.196 e. The Hall–Kier alpha value is -2.38. The van der Waals surface area contributed by atoms with Crippen molar-refractivity contribution in [1.29, 1.82) is 0 Å². The van der Waals surface area contributed by atoms with Crippen LogP contribution in [-0.4, -0.2) is 31.6 Å². The van der Waals surface area contributed by atoms with Gasteiger partial charge in [-0.3, -0.25) is 10.00 Å². The van der Waals surface area contributed by atoms with Crippen LogP contribution in [0.1, 0.15) is 16.8 Å². The summed E-state index contributed by atoms with van der Waals surface area (Å²) in [5.41, 5.74) is 5.08. The van der Waals surface area contributed by atoms with Gasteiger partial charge in [0.1, 0.15) is 5.82 Å². The second kappa shape index (κ2) is 6.26. The first kappa shape index (κ1) is 15.2. The van der Waals surface area contributed by atoms with Crippen LogP contribution in [0.4, 0.5) is 4.39 Å². The van der Waals surface area contributed by atoms with Crippen molar-refractivity contribution in [3.05, 3.63) is 64.1 Å². The van der Waals surface area contributed by atoms with E-state index in [0.29, 0.717) is 4.77 Å². The van der Waals surface area contributed by atoms with Crippen LogP contribution in [0.3, 0.4) is 0 Å². The van der Waals surface area contributed by atoms with Gasteiger partial charge < -0.3 is 4.98 Å². The molecular weight excluding hydrogens is 325 g/mol. The molecule has 0 saturated heterocycles. The Morgan fingerprint density at radius 3 is 3.08 bits per heavy atom. The van der Waals surface area contributed by atoms with Gasteiger partial charge in [-0.2, -0.15) is 5.10 Å². The van der Waals surface area contributed by atoms with E-state index in [-0.39, 0.29) is 5.82 Å². The molecule has 2 N–H and O–H groups in total. The lowest BCUT2D eigenvalue weighted by atomic mass is 10.0. The average molecular weight is 341 g/mol. The molecule has 0 unspecified atom stereocenters. The van der Waals surface area contributed by atoms with Crippen molar-refractivity contribution in [1.82, 2.24) is 25.1 Å². The van der Waals surface area contributed by atoms with Gasteiger partial charge in [0.25, 0.3) is 0 Å². The van der Waals surface area contributed by atoms with Crippen molar-refractivity contribution in [3.63, 3.8) is 0 Å². The van der Waals surface area contributed by atoms with Crippen molar-refractivity contribution in [2.75, 3.05) is 6.54 Å². The number of aromatic amines is 2. The fourth-order valence-corrected chi connectivity index (χ4v) is 3.28. The van der Waals surface area contributed by atoms with Gasteiger partial charge >= 0.3 is 0 Å².